The average Bonchev–Trinajstić information content (AvgIpc) is 2.86. The maximum Gasteiger partial charge on any atom is 0.215 e. The molecule has 0 aliphatic carbocycles. The van der Waals surface area contributed by atoms with E-state index in [2.05, 4.69) is 10.3 Å². The summed E-state index contributed by atoms with van der Waals surface area (Å²) in [7, 11) is 0. The molecule has 1 aromatic heterocycles. The summed E-state index contributed by atoms with van der Waals surface area (Å²) in [4.78, 5) is 4.64. The van der Waals surface area contributed by atoms with Crippen molar-refractivity contribution in [3.05, 3.63) is 47.5 Å². The molecule has 3 nitrogen and oxygen atoms in total. The van der Waals surface area contributed by atoms with Crippen molar-refractivity contribution >= 4 is 11.6 Å². The lowest BCUT2D eigenvalue weighted by Gasteiger charge is -2.29. The molecule has 2 unspecified atom stereocenters. The lowest BCUT2D eigenvalue weighted by Crippen LogP contribution is -2.42. The number of hydrogen-bond acceptors (Lipinski definition) is 3. The second-order valence-electron chi connectivity index (χ2n) is 6.22. The van der Waals surface area contributed by atoms with Crippen LogP contribution in [-0.2, 0) is 0 Å². The normalized spacial score (nSPS) is 26.9. The Morgan fingerprint density at radius 2 is 1.77 bits per heavy atom. The van der Waals surface area contributed by atoms with Gasteiger partial charge >= 0.3 is 0 Å². The lowest BCUT2D eigenvalue weighted by atomic mass is 10.0. The van der Waals surface area contributed by atoms with Crippen molar-refractivity contribution in [1.82, 2.24) is 10.3 Å². The van der Waals surface area contributed by atoms with Crippen LogP contribution in [0.4, 0.5) is 0 Å². The van der Waals surface area contributed by atoms with Crippen molar-refractivity contribution < 1.29 is 4.74 Å². The van der Waals surface area contributed by atoms with E-state index in [1.54, 1.807) is 0 Å². The van der Waals surface area contributed by atoms with Gasteiger partial charge in [0.1, 0.15) is 6.10 Å². The largest absolute Gasteiger partial charge is 0.474 e. The summed E-state index contributed by atoms with van der Waals surface area (Å²) in [6, 6.07) is 15.0. The SMILES string of the molecule is Clc1cc(OC2CC3CCC(C2)N3)nc(-c2ccccc2)c1. The minimum atomic E-state index is 0.244. The quantitative estimate of drug-likeness (QED) is 0.927. The van der Waals surface area contributed by atoms with E-state index in [9.17, 15) is 0 Å². The van der Waals surface area contributed by atoms with Gasteiger partial charge in [0.2, 0.25) is 5.88 Å². The summed E-state index contributed by atoms with van der Waals surface area (Å²) >= 11 is 6.25. The first-order chi connectivity index (χ1) is 10.8. The number of aromatic nitrogens is 1. The van der Waals surface area contributed by atoms with E-state index in [0.29, 0.717) is 23.0 Å². The molecule has 3 heterocycles. The number of halogens is 1. The summed E-state index contributed by atoms with van der Waals surface area (Å²) < 4.78 is 6.14. The summed E-state index contributed by atoms with van der Waals surface area (Å²) in [5.41, 5.74) is 1.92. The Kier molecular flexibility index (Phi) is 3.77. The van der Waals surface area contributed by atoms with Gasteiger partial charge in [-0.25, -0.2) is 4.98 Å². The molecular formula is C18H19ClN2O. The monoisotopic (exact) mass is 314 g/mol. The summed E-state index contributed by atoms with van der Waals surface area (Å²) in [6.07, 6.45) is 4.90. The maximum atomic E-state index is 6.25. The summed E-state index contributed by atoms with van der Waals surface area (Å²) in [5.74, 6) is 0.637. The summed E-state index contributed by atoms with van der Waals surface area (Å²) in [5, 5.41) is 4.30. The van der Waals surface area contributed by atoms with Crippen LogP contribution < -0.4 is 10.1 Å². The fourth-order valence-electron chi connectivity index (χ4n) is 3.56. The van der Waals surface area contributed by atoms with Crippen LogP contribution in [0.5, 0.6) is 5.88 Å². The van der Waals surface area contributed by atoms with Crippen LogP contribution in [-0.4, -0.2) is 23.2 Å². The molecule has 1 N–H and O–H groups in total. The Labute approximate surface area is 135 Å². The topological polar surface area (TPSA) is 34.1 Å². The molecule has 2 saturated heterocycles. The number of rotatable bonds is 3. The van der Waals surface area contributed by atoms with Crippen LogP contribution in [0.3, 0.4) is 0 Å². The molecule has 2 atom stereocenters. The molecule has 0 spiro atoms. The summed E-state index contributed by atoms with van der Waals surface area (Å²) in [6.45, 7) is 0. The van der Waals surface area contributed by atoms with Crippen LogP contribution in [0.1, 0.15) is 25.7 Å². The van der Waals surface area contributed by atoms with Gasteiger partial charge in [0.25, 0.3) is 0 Å². The third-order valence-electron chi connectivity index (χ3n) is 4.55. The molecule has 2 aliphatic heterocycles. The van der Waals surface area contributed by atoms with Crippen LogP contribution in [0.25, 0.3) is 11.3 Å². The maximum absolute atomic E-state index is 6.25. The van der Waals surface area contributed by atoms with E-state index in [1.165, 1.54) is 12.8 Å². The highest BCUT2D eigenvalue weighted by molar-refractivity contribution is 6.30. The van der Waals surface area contributed by atoms with E-state index in [1.807, 2.05) is 42.5 Å². The van der Waals surface area contributed by atoms with E-state index in [-0.39, 0.29) is 6.10 Å². The third kappa shape index (κ3) is 2.96. The van der Waals surface area contributed by atoms with Gasteiger partial charge in [-0.05, 0) is 31.7 Å². The van der Waals surface area contributed by atoms with Crippen LogP contribution in [0, 0.1) is 0 Å². The van der Waals surface area contributed by atoms with Gasteiger partial charge in [-0.15, -0.1) is 0 Å². The van der Waals surface area contributed by atoms with Crippen molar-refractivity contribution in [1.29, 1.82) is 0 Å². The number of fused-ring (bicyclic) bond motifs is 2. The van der Waals surface area contributed by atoms with Gasteiger partial charge in [-0.1, -0.05) is 41.9 Å². The smallest absolute Gasteiger partial charge is 0.215 e. The van der Waals surface area contributed by atoms with Crippen molar-refractivity contribution in [2.75, 3.05) is 0 Å². The highest BCUT2D eigenvalue weighted by Gasteiger charge is 2.34. The van der Waals surface area contributed by atoms with Crippen LogP contribution >= 0.6 is 11.6 Å². The van der Waals surface area contributed by atoms with Gasteiger partial charge in [-0.3, -0.25) is 0 Å². The van der Waals surface area contributed by atoms with E-state index < -0.39 is 0 Å². The van der Waals surface area contributed by atoms with Crippen molar-refractivity contribution in [3.8, 4) is 17.1 Å². The van der Waals surface area contributed by atoms with Crippen LogP contribution in [0.15, 0.2) is 42.5 Å². The van der Waals surface area contributed by atoms with Gasteiger partial charge in [0.15, 0.2) is 0 Å². The molecule has 114 valence electrons. The first kappa shape index (κ1) is 14.0. The van der Waals surface area contributed by atoms with Gasteiger partial charge in [0.05, 0.1) is 5.69 Å². The number of piperidine rings is 1. The first-order valence-corrected chi connectivity index (χ1v) is 8.30. The Morgan fingerprint density at radius 1 is 1.05 bits per heavy atom. The molecule has 4 heteroatoms. The minimum absolute atomic E-state index is 0.244. The molecular weight excluding hydrogens is 296 g/mol. The van der Waals surface area contributed by atoms with E-state index in [4.69, 9.17) is 16.3 Å². The zero-order valence-electron chi connectivity index (χ0n) is 12.3. The Morgan fingerprint density at radius 3 is 2.50 bits per heavy atom. The molecule has 4 rings (SSSR count). The number of nitrogens with zero attached hydrogens (tertiary/aromatic N) is 1. The van der Waals surface area contributed by atoms with E-state index in [0.717, 1.165) is 24.1 Å². The predicted molar refractivity (Wildman–Crippen MR) is 88.3 cm³/mol. The van der Waals surface area contributed by atoms with Crippen molar-refractivity contribution in [3.63, 3.8) is 0 Å². The van der Waals surface area contributed by atoms with Crippen molar-refractivity contribution in [2.45, 2.75) is 43.9 Å². The molecule has 22 heavy (non-hydrogen) atoms. The molecule has 0 radical (unpaired) electrons. The lowest BCUT2D eigenvalue weighted by molar-refractivity contribution is 0.132. The first-order valence-electron chi connectivity index (χ1n) is 7.92. The molecule has 2 fully saturated rings. The van der Waals surface area contributed by atoms with Gasteiger partial charge in [-0.2, -0.15) is 0 Å². The Hall–Kier alpha value is -1.58. The molecule has 2 aliphatic rings. The zero-order chi connectivity index (χ0) is 14.9. The fraction of sp³-hybridized carbons (Fsp3) is 0.389. The fourth-order valence-corrected chi connectivity index (χ4v) is 3.76. The van der Waals surface area contributed by atoms with E-state index >= 15 is 0 Å². The minimum Gasteiger partial charge on any atom is -0.474 e. The number of nitrogens with one attached hydrogen (secondary N) is 1. The Bertz CT molecular complexity index is 649. The third-order valence-corrected chi connectivity index (χ3v) is 4.77. The Balaban J connectivity index is 1.56. The van der Waals surface area contributed by atoms with Crippen molar-refractivity contribution in [2.24, 2.45) is 0 Å². The molecule has 0 amide bonds. The van der Waals surface area contributed by atoms with Gasteiger partial charge in [0, 0.05) is 28.7 Å². The average molecular weight is 315 g/mol. The molecule has 2 bridgehead atoms. The highest BCUT2D eigenvalue weighted by atomic mass is 35.5. The standard InChI is InChI=1S/C18H19ClN2O/c19-13-8-17(12-4-2-1-3-5-12)21-18(9-13)22-16-10-14-6-7-15(11-16)20-14/h1-5,8-9,14-16,20H,6-7,10-11H2. The highest BCUT2D eigenvalue weighted by Crippen LogP contribution is 2.31. The molecule has 1 aromatic carbocycles. The second-order valence-corrected chi connectivity index (χ2v) is 6.66. The number of benzene rings is 1. The zero-order valence-corrected chi connectivity index (χ0v) is 13.1. The second kappa shape index (κ2) is 5.90. The number of pyridine rings is 1. The number of ether oxygens (including phenoxy) is 1. The van der Waals surface area contributed by atoms with Gasteiger partial charge < -0.3 is 10.1 Å². The predicted octanol–water partition coefficient (Wildman–Crippen LogP) is 4.06. The van der Waals surface area contributed by atoms with Crippen LogP contribution in [0.2, 0.25) is 5.02 Å². The number of hydrogen-bond donors (Lipinski definition) is 1. The molecule has 0 saturated carbocycles. The molecule has 2 aromatic rings.